The van der Waals surface area contributed by atoms with Gasteiger partial charge in [-0.15, -0.1) is 0 Å². The van der Waals surface area contributed by atoms with E-state index in [-0.39, 0.29) is 0 Å². The maximum Gasteiger partial charge on any atom is 0.0244 e. The second-order valence-electron chi connectivity index (χ2n) is 4.64. The smallest absolute Gasteiger partial charge is 0.0244 e. The van der Waals surface area contributed by atoms with E-state index in [0.717, 1.165) is 19.1 Å². The Morgan fingerprint density at radius 2 is 2.44 bits per heavy atom. The van der Waals surface area contributed by atoms with Crippen LogP contribution < -0.4 is 5.32 Å². The number of hydrogen-bond donors (Lipinski definition) is 1. The van der Waals surface area contributed by atoms with Crippen LogP contribution in [-0.2, 0) is 6.54 Å². The minimum absolute atomic E-state index is 0.793. The first-order valence-corrected chi connectivity index (χ1v) is 7.24. The average Bonchev–Trinajstić information content (AvgIpc) is 2.81. The Hall–Kier alpha value is -0.380. The maximum absolute atomic E-state index is 3.27. The van der Waals surface area contributed by atoms with E-state index in [1.165, 1.54) is 37.8 Å². The minimum Gasteiger partial charge on any atom is -0.320 e. The molecule has 1 N–H and O–H groups in total. The Bertz CT molecular complexity index is 284. The van der Waals surface area contributed by atoms with E-state index in [0.29, 0.717) is 0 Å². The highest BCUT2D eigenvalue weighted by atomic mass is 32.1. The molecule has 0 amide bonds. The SMILES string of the molecule is CNCCC1CCCCN1Cc1ccsc1. The first kappa shape index (κ1) is 12.1. The van der Waals surface area contributed by atoms with Crippen LogP contribution in [0.25, 0.3) is 0 Å². The molecule has 1 aromatic heterocycles. The van der Waals surface area contributed by atoms with Crippen LogP contribution in [0.5, 0.6) is 0 Å². The van der Waals surface area contributed by atoms with Gasteiger partial charge in [0.25, 0.3) is 0 Å². The average molecular weight is 238 g/mol. The highest BCUT2D eigenvalue weighted by molar-refractivity contribution is 7.07. The van der Waals surface area contributed by atoms with Gasteiger partial charge in [0.05, 0.1) is 0 Å². The molecule has 2 nitrogen and oxygen atoms in total. The summed E-state index contributed by atoms with van der Waals surface area (Å²) in [5.74, 6) is 0. The van der Waals surface area contributed by atoms with Crippen molar-refractivity contribution >= 4 is 11.3 Å². The van der Waals surface area contributed by atoms with Crippen molar-refractivity contribution in [2.45, 2.75) is 38.3 Å². The molecular weight excluding hydrogens is 216 g/mol. The molecule has 1 fully saturated rings. The molecule has 0 spiro atoms. The Balaban J connectivity index is 1.88. The number of thiophene rings is 1. The van der Waals surface area contributed by atoms with Crippen LogP contribution in [0.4, 0.5) is 0 Å². The molecule has 1 aliphatic heterocycles. The predicted molar refractivity (Wildman–Crippen MR) is 70.9 cm³/mol. The standard InChI is InChI=1S/C13H22N2S/c1-14-7-5-13-4-2-3-8-15(13)10-12-6-9-16-11-12/h6,9,11,13-14H,2-5,7-8,10H2,1H3. The van der Waals surface area contributed by atoms with E-state index in [2.05, 4.69) is 27.0 Å². The molecule has 0 saturated carbocycles. The molecule has 2 rings (SSSR count). The zero-order valence-electron chi connectivity index (χ0n) is 10.1. The highest BCUT2D eigenvalue weighted by Gasteiger charge is 2.21. The second kappa shape index (κ2) is 6.38. The van der Waals surface area contributed by atoms with Crippen LogP contribution in [-0.4, -0.2) is 31.1 Å². The van der Waals surface area contributed by atoms with Gasteiger partial charge in [0.1, 0.15) is 0 Å². The van der Waals surface area contributed by atoms with Gasteiger partial charge < -0.3 is 5.32 Å². The highest BCUT2D eigenvalue weighted by Crippen LogP contribution is 2.22. The molecule has 1 aliphatic rings. The molecule has 16 heavy (non-hydrogen) atoms. The van der Waals surface area contributed by atoms with Gasteiger partial charge in [-0.05, 0) is 61.8 Å². The van der Waals surface area contributed by atoms with Crippen LogP contribution in [0.2, 0.25) is 0 Å². The van der Waals surface area contributed by atoms with Crippen molar-refractivity contribution in [3.05, 3.63) is 22.4 Å². The lowest BCUT2D eigenvalue weighted by atomic mass is 9.99. The van der Waals surface area contributed by atoms with E-state index in [1.54, 1.807) is 0 Å². The Kier molecular flexibility index (Phi) is 4.82. The van der Waals surface area contributed by atoms with E-state index < -0.39 is 0 Å². The molecule has 1 aromatic rings. The molecule has 1 saturated heterocycles. The lowest BCUT2D eigenvalue weighted by Crippen LogP contribution is -2.40. The van der Waals surface area contributed by atoms with Crippen LogP contribution >= 0.6 is 11.3 Å². The van der Waals surface area contributed by atoms with Crippen LogP contribution in [0.1, 0.15) is 31.2 Å². The van der Waals surface area contributed by atoms with Crippen molar-refractivity contribution in [1.29, 1.82) is 0 Å². The lowest BCUT2D eigenvalue weighted by Gasteiger charge is -2.35. The van der Waals surface area contributed by atoms with Crippen molar-refractivity contribution in [3.8, 4) is 0 Å². The monoisotopic (exact) mass is 238 g/mol. The fourth-order valence-corrected chi connectivity index (χ4v) is 3.18. The summed E-state index contributed by atoms with van der Waals surface area (Å²) in [4.78, 5) is 2.67. The number of piperidine rings is 1. The topological polar surface area (TPSA) is 15.3 Å². The van der Waals surface area contributed by atoms with Gasteiger partial charge in [0, 0.05) is 12.6 Å². The zero-order valence-corrected chi connectivity index (χ0v) is 10.9. The molecule has 90 valence electrons. The van der Waals surface area contributed by atoms with Crippen molar-refractivity contribution in [2.75, 3.05) is 20.1 Å². The van der Waals surface area contributed by atoms with Gasteiger partial charge in [-0.1, -0.05) is 6.42 Å². The number of nitrogens with zero attached hydrogens (tertiary/aromatic N) is 1. The third kappa shape index (κ3) is 3.30. The van der Waals surface area contributed by atoms with E-state index >= 15 is 0 Å². The summed E-state index contributed by atoms with van der Waals surface area (Å²) in [5.41, 5.74) is 1.49. The van der Waals surface area contributed by atoms with Gasteiger partial charge in [-0.25, -0.2) is 0 Å². The summed E-state index contributed by atoms with van der Waals surface area (Å²) in [6.45, 7) is 3.58. The first-order valence-electron chi connectivity index (χ1n) is 6.30. The summed E-state index contributed by atoms with van der Waals surface area (Å²) in [6, 6.07) is 3.05. The third-order valence-corrected chi connectivity index (χ3v) is 4.17. The Morgan fingerprint density at radius 3 is 3.19 bits per heavy atom. The number of hydrogen-bond acceptors (Lipinski definition) is 3. The quantitative estimate of drug-likeness (QED) is 0.848. The molecule has 0 aromatic carbocycles. The number of nitrogens with one attached hydrogen (secondary N) is 1. The summed E-state index contributed by atoms with van der Waals surface area (Å²) >= 11 is 1.81. The van der Waals surface area contributed by atoms with Crippen molar-refractivity contribution in [3.63, 3.8) is 0 Å². The molecule has 1 atom stereocenters. The lowest BCUT2D eigenvalue weighted by molar-refractivity contribution is 0.132. The molecule has 0 aliphatic carbocycles. The van der Waals surface area contributed by atoms with Crippen molar-refractivity contribution < 1.29 is 0 Å². The molecular formula is C13H22N2S. The van der Waals surface area contributed by atoms with Gasteiger partial charge in [-0.3, -0.25) is 4.90 Å². The van der Waals surface area contributed by atoms with Crippen molar-refractivity contribution in [2.24, 2.45) is 0 Å². The van der Waals surface area contributed by atoms with Crippen LogP contribution in [0.15, 0.2) is 16.8 Å². The third-order valence-electron chi connectivity index (χ3n) is 3.44. The van der Waals surface area contributed by atoms with E-state index in [4.69, 9.17) is 0 Å². The fraction of sp³-hybridized carbons (Fsp3) is 0.692. The molecule has 0 radical (unpaired) electrons. The molecule has 1 unspecified atom stereocenters. The van der Waals surface area contributed by atoms with Crippen LogP contribution in [0.3, 0.4) is 0 Å². The predicted octanol–water partition coefficient (Wildman–Crippen LogP) is 2.71. The first-order chi connectivity index (χ1) is 7.90. The van der Waals surface area contributed by atoms with Gasteiger partial charge in [0.2, 0.25) is 0 Å². The molecule has 3 heteroatoms. The summed E-state index contributed by atoms with van der Waals surface area (Å²) in [6.07, 6.45) is 5.46. The molecule has 0 bridgehead atoms. The van der Waals surface area contributed by atoms with Gasteiger partial charge in [0.15, 0.2) is 0 Å². The van der Waals surface area contributed by atoms with Crippen LogP contribution in [0, 0.1) is 0 Å². The number of likely N-dealkylation sites (tertiary alicyclic amines) is 1. The normalized spacial score (nSPS) is 22.4. The Labute approximate surface area is 103 Å². The van der Waals surface area contributed by atoms with Gasteiger partial charge in [-0.2, -0.15) is 11.3 Å². The maximum atomic E-state index is 3.27. The van der Waals surface area contributed by atoms with E-state index in [1.807, 2.05) is 18.4 Å². The largest absolute Gasteiger partial charge is 0.320 e. The summed E-state index contributed by atoms with van der Waals surface area (Å²) in [7, 11) is 2.05. The Morgan fingerprint density at radius 1 is 1.50 bits per heavy atom. The minimum atomic E-state index is 0.793. The summed E-state index contributed by atoms with van der Waals surface area (Å²) < 4.78 is 0. The van der Waals surface area contributed by atoms with E-state index in [9.17, 15) is 0 Å². The van der Waals surface area contributed by atoms with Crippen molar-refractivity contribution in [1.82, 2.24) is 10.2 Å². The van der Waals surface area contributed by atoms with Gasteiger partial charge >= 0.3 is 0 Å². The second-order valence-corrected chi connectivity index (χ2v) is 5.42. The number of rotatable bonds is 5. The fourth-order valence-electron chi connectivity index (χ4n) is 2.52. The summed E-state index contributed by atoms with van der Waals surface area (Å²) in [5, 5.41) is 7.73. The molecule has 2 heterocycles. The zero-order chi connectivity index (χ0) is 11.2.